The van der Waals surface area contributed by atoms with Crippen molar-refractivity contribution in [2.75, 3.05) is 10.6 Å². The van der Waals surface area contributed by atoms with Gasteiger partial charge in [-0.15, -0.1) is 23.2 Å². The lowest BCUT2D eigenvalue weighted by Crippen LogP contribution is -2.28. The van der Waals surface area contributed by atoms with Crippen LogP contribution in [0.4, 0.5) is 50.9 Å². The molecule has 0 bridgehead atoms. The van der Waals surface area contributed by atoms with Gasteiger partial charge in [0.05, 0.1) is 33.2 Å². The number of benzene rings is 3. The second-order valence-electron chi connectivity index (χ2n) is 11.6. The summed E-state index contributed by atoms with van der Waals surface area (Å²) < 4.78 is 121. The molecule has 2 aliphatic rings. The lowest BCUT2D eigenvalue weighted by molar-refractivity contribution is -0.190. The van der Waals surface area contributed by atoms with Gasteiger partial charge in [0, 0.05) is 30.0 Å². The van der Waals surface area contributed by atoms with Gasteiger partial charge in [-0.1, -0.05) is 17.7 Å². The second kappa shape index (κ2) is 12.4. The highest BCUT2D eigenvalue weighted by Gasteiger charge is 2.68. The normalized spacial score (nSPS) is 19.4. The molecule has 48 heavy (non-hydrogen) atoms. The summed E-state index contributed by atoms with van der Waals surface area (Å²) in [5.41, 5.74) is -5.85. The summed E-state index contributed by atoms with van der Waals surface area (Å²) in [6.07, 6.45) is -12.2. The van der Waals surface area contributed by atoms with Crippen molar-refractivity contribution in [2.45, 2.75) is 48.3 Å². The number of ketones is 1. The molecule has 0 unspecified atom stereocenters. The standard InChI is InChI=1S/C31H20Cl3F9N2O3/c32-19-3-2-14(44-27(48)24-23(29(24,33)34)13-1-4-21(36)18(9-13)30(38,39)40)10-16(19)26(47)45-22-6-5-20(35)17(25(22)37)11-15(46)12-28(7-8-28)31(41,42)43/h1-6,9-10,23-24H,7-8,11-12H2,(H,44,48)(H,45,47)/t23-,24+/m0/s1. The average Bonchev–Trinajstić information content (AvgIpc) is 3.87. The average molecular weight is 746 g/mol. The van der Waals surface area contributed by atoms with Gasteiger partial charge in [-0.25, -0.2) is 13.2 Å². The maximum Gasteiger partial charge on any atom is 0.419 e. The van der Waals surface area contributed by atoms with Gasteiger partial charge in [-0.2, -0.15) is 26.3 Å². The van der Waals surface area contributed by atoms with Gasteiger partial charge < -0.3 is 10.6 Å². The summed E-state index contributed by atoms with van der Waals surface area (Å²) in [5, 5.41) is 4.34. The number of amides is 2. The molecule has 0 heterocycles. The van der Waals surface area contributed by atoms with E-state index in [0.29, 0.717) is 18.2 Å². The third kappa shape index (κ3) is 6.97. The number of hydrogen-bond donors (Lipinski definition) is 2. The predicted molar refractivity (Wildman–Crippen MR) is 158 cm³/mol. The van der Waals surface area contributed by atoms with Gasteiger partial charge in [0.1, 0.15) is 21.8 Å². The van der Waals surface area contributed by atoms with Crippen LogP contribution in [-0.2, 0) is 22.2 Å². The van der Waals surface area contributed by atoms with Crippen LogP contribution in [0.25, 0.3) is 0 Å². The number of rotatable bonds is 9. The van der Waals surface area contributed by atoms with Crippen LogP contribution in [0.5, 0.6) is 0 Å². The van der Waals surface area contributed by atoms with Crippen molar-refractivity contribution in [3.8, 4) is 0 Å². The molecule has 3 aromatic carbocycles. The minimum atomic E-state index is -5.03. The second-order valence-corrected chi connectivity index (χ2v) is 13.4. The third-order valence-electron chi connectivity index (χ3n) is 8.27. The fraction of sp³-hybridized carbons (Fsp3) is 0.323. The first-order valence-corrected chi connectivity index (χ1v) is 15.0. The van der Waals surface area contributed by atoms with Gasteiger partial charge in [0.25, 0.3) is 5.91 Å². The van der Waals surface area contributed by atoms with Crippen molar-refractivity contribution < 1.29 is 53.9 Å². The first kappa shape index (κ1) is 35.8. The van der Waals surface area contributed by atoms with Crippen LogP contribution in [0.3, 0.4) is 0 Å². The predicted octanol–water partition coefficient (Wildman–Crippen LogP) is 9.40. The molecule has 0 spiro atoms. The zero-order valence-electron chi connectivity index (χ0n) is 23.9. The molecule has 256 valence electrons. The van der Waals surface area contributed by atoms with Crippen molar-refractivity contribution in [3.63, 3.8) is 0 Å². The van der Waals surface area contributed by atoms with E-state index in [0.717, 1.165) is 18.2 Å². The largest absolute Gasteiger partial charge is 0.419 e. The summed E-state index contributed by atoms with van der Waals surface area (Å²) in [4.78, 5) is 38.5. The van der Waals surface area contributed by atoms with E-state index in [1.165, 1.54) is 12.1 Å². The van der Waals surface area contributed by atoms with Crippen molar-refractivity contribution in [3.05, 3.63) is 93.3 Å². The van der Waals surface area contributed by atoms with Crippen LogP contribution in [0.15, 0.2) is 48.5 Å². The zero-order valence-corrected chi connectivity index (χ0v) is 26.1. The highest BCUT2D eigenvalue weighted by atomic mass is 35.5. The SMILES string of the molecule is O=C(Cc1c(F)ccc(NC(=O)c2cc(NC(=O)[C@H]3[C@H](c4ccc(F)c(C(F)(F)F)c4)C3(Cl)Cl)ccc2Cl)c1F)CC1(C(F)(F)F)CC1. The van der Waals surface area contributed by atoms with Crippen LogP contribution < -0.4 is 10.6 Å². The Labute approximate surface area is 280 Å². The number of hydrogen-bond acceptors (Lipinski definition) is 3. The summed E-state index contributed by atoms with van der Waals surface area (Å²) in [5.74, 6) is -9.63. The maximum absolute atomic E-state index is 15.2. The Balaban J connectivity index is 1.30. The number of nitrogens with one attached hydrogen (secondary N) is 2. The highest BCUT2D eigenvalue weighted by molar-refractivity contribution is 6.53. The van der Waals surface area contributed by atoms with Crippen molar-refractivity contribution in [2.24, 2.45) is 11.3 Å². The number of carbonyl (C=O) groups excluding carboxylic acids is 3. The molecule has 3 aromatic rings. The topological polar surface area (TPSA) is 75.3 Å². The molecule has 2 amide bonds. The Morgan fingerprint density at radius 2 is 1.50 bits per heavy atom. The van der Waals surface area contributed by atoms with E-state index < -0.39 is 98.6 Å². The third-order valence-corrected chi connectivity index (χ3v) is 9.54. The van der Waals surface area contributed by atoms with Gasteiger partial charge in [0.15, 0.2) is 5.82 Å². The number of Topliss-reactive ketones (excluding diaryl/α,β-unsaturated/α-hetero) is 1. The van der Waals surface area contributed by atoms with E-state index in [1.54, 1.807) is 0 Å². The lowest BCUT2D eigenvalue weighted by atomic mass is 9.94. The summed E-state index contributed by atoms with van der Waals surface area (Å²) in [6, 6.07) is 7.08. The first-order chi connectivity index (χ1) is 22.2. The molecule has 5 nitrogen and oxygen atoms in total. The summed E-state index contributed by atoms with van der Waals surface area (Å²) >= 11 is 18.5. The van der Waals surface area contributed by atoms with Crippen LogP contribution in [0.1, 0.15) is 52.2 Å². The number of alkyl halides is 8. The van der Waals surface area contributed by atoms with E-state index in [1.807, 2.05) is 0 Å². The molecule has 2 aliphatic carbocycles. The van der Waals surface area contributed by atoms with E-state index in [4.69, 9.17) is 34.8 Å². The van der Waals surface area contributed by atoms with Crippen molar-refractivity contribution >= 4 is 63.8 Å². The van der Waals surface area contributed by atoms with Crippen molar-refractivity contribution in [1.82, 2.24) is 0 Å². The Morgan fingerprint density at radius 1 is 0.854 bits per heavy atom. The minimum absolute atomic E-state index is 0.0797. The van der Waals surface area contributed by atoms with E-state index in [9.17, 15) is 49.5 Å². The molecular weight excluding hydrogens is 726 g/mol. The quantitative estimate of drug-likeness (QED) is 0.169. The fourth-order valence-electron chi connectivity index (χ4n) is 5.41. The molecule has 5 rings (SSSR count). The Kier molecular flexibility index (Phi) is 9.28. The molecule has 0 saturated heterocycles. The zero-order chi connectivity index (χ0) is 35.6. The minimum Gasteiger partial charge on any atom is -0.326 e. The first-order valence-electron chi connectivity index (χ1n) is 13.9. The van der Waals surface area contributed by atoms with Crippen LogP contribution in [0, 0.1) is 28.8 Å². The van der Waals surface area contributed by atoms with Crippen LogP contribution in [0.2, 0.25) is 5.02 Å². The Hall–Kier alpha value is -3.49. The van der Waals surface area contributed by atoms with Gasteiger partial charge >= 0.3 is 12.4 Å². The lowest BCUT2D eigenvalue weighted by Gasteiger charge is -2.18. The molecule has 0 radical (unpaired) electrons. The molecule has 17 heteroatoms. The fourth-order valence-corrected chi connectivity index (χ4v) is 6.44. The van der Waals surface area contributed by atoms with E-state index in [2.05, 4.69) is 10.6 Å². The number of anilines is 2. The molecule has 0 aliphatic heterocycles. The summed E-state index contributed by atoms with van der Waals surface area (Å²) in [7, 11) is 0. The number of halogens is 12. The van der Waals surface area contributed by atoms with Gasteiger partial charge in [-0.3, -0.25) is 14.4 Å². The van der Waals surface area contributed by atoms with Crippen molar-refractivity contribution in [1.29, 1.82) is 0 Å². The monoisotopic (exact) mass is 744 g/mol. The molecule has 2 atom stereocenters. The van der Waals surface area contributed by atoms with Gasteiger partial charge in [-0.05, 0) is 60.9 Å². The number of carbonyl (C=O) groups is 3. The molecule has 2 saturated carbocycles. The smallest absolute Gasteiger partial charge is 0.326 e. The summed E-state index contributed by atoms with van der Waals surface area (Å²) in [6.45, 7) is 0. The molecule has 0 aromatic heterocycles. The van der Waals surface area contributed by atoms with Crippen LogP contribution >= 0.6 is 34.8 Å². The molecular formula is C31H20Cl3F9N2O3. The molecule has 2 N–H and O–H groups in total. The maximum atomic E-state index is 15.2. The highest BCUT2D eigenvalue weighted by Crippen LogP contribution is 2.65. The van der Waals surface area contributed by atoms with E-state index in [-0.39, 0.29) is 34.7 Å². The Morgan fingerprint density at radius 3 is 2.10 bits per heavy atom. The van der Waals surface area contributed by atoms with Gasteiger partial charge in [0.2, 0.25) is 5.91 Å². The Bertz CT molecular complexity index is 1830. The van der Waals surface area contributed by atoms with Crippen LogP contribution in [-0.4, -0.2) is 28.1 Å². The molecule has 2 fully saturated rings. The van der Waals surface area contributed by atoms with E-state index >= 15 is 4.39 Å².